The Morgan fingerprint density at radius 2 is 1.79 bits per heavy atom. The molecule has 5 nitrogen and oxygen atoms in total. The summed E-state index contributed by atoms with van der Waals surface area (Å²) in [6.07, 6.45) is -4.59. The van der Waals surface area contributed by atoms with Crippen LogP contribution in [0.25, 0.3) is 0 Å². The van der Waals surface area contributed by atoms with Gasteiger partial charge in [0.15, 0.2) is 5.96 Å². The summed E-state index contributed by atoms with van der Waals surface area (Å²) in [5.74, 6) is -0.699. The molecule has 0 aliphatic carbocycles. The summed E-state index contributed by atoms with van der Waals surface area (Å²) in [7, 11) is 0. The number of halogens is 5. The fraction of sp³-hybridized carbons (Fsp3) is 0.111. The van der Waals surface area contributed by atoms with E-state index in [9.17, 15) is 13.2 Å². The number of alkyl halides is 3. The highest BCUT2D eigenvalue weighted by molar-refractivity contribution is 14.1. The first kappa shape index (κ1) is 15.8. The number of rotatable bonds is 1. The summed E-state index contributed by atoms with van der Waals surface area (Å²) >= 11 is 7.31. The van der Waals surface area contributed by atoms with E-state index in [1.54, 1.807) is 22.6 Å². The zero-order valence-electron chi connectivity index (χ0n) is 9.17. The van der Waals surface area contributed by atoms with Gasteiger partial charge in [-0.15, -0.1) is 0 Å². The highest BCUT2D eigenvalue weighted by atomic mass is 127. The third-order valence-corrected chi connectivity index (χ3v) is 3.00. The maximum atomic E-state index is 12.7. The fourth-order valence-electron chi connectivity index (χ4n) is 1.12. The molecule has 0 aliphatic heterocycles. The SMILES string of the molecule is NC(N)=NC(N)=Nc1cc(C(F)(F)F)c(Cl)cc1I. The summed E-state index contributed by atoms with van der Waals surface area (Å²) in [6, 6.07) is 1.91. The van der Waals surface area contributed by atoms with E-state index in [0.29, 0.717) is 3.57 Å². The molecule has 1 aromatic carbocycles. The lowest BCUT2D eigenvalue weighted by Crippen LogP contribution is -2.26. The van der Waals surface area contributed by atoms with Crippen molar-refractivity contribution in [3.05, 3.63) is 26.3 Å². The predicted octanol–water partition coefficient (Wildman–Crippen LogP) is 2.18. The van der Waals surface area contributed by atoms with Crippen LogP contribution in [0.5, 0.6) is 0 Å². The van der Waals surface area contributed by atoms with Gasteiger partial charge < -0.3 is 17.2 Å². The van der Waals surface area contributed by atoms with Crippen molar-refractivity contribution in [2.24, 2.45) is 27.2 Å². The second-order valence-electron chi connectivity index (χ2n) is 3.29. The van der Waals surface area contributed by atoms with Gasteiger partial charge in [-0.25, -0.2) is 4.99 Å². The Labute approximate surface area is 124 Å². The summed E-state index contributed by atoms with van der Waals surface area (Å²) in [5, 5.41) is -0.420. The van der Waals surface area contributed by atoms with E-state index < -0.39 is 16.8 Å². The molecule has 10 heteroatoms. The molecule has 0 atom stereocenters. The number of nitrogens with zero attached hydrogens (tertiary/aromatic N) is 2. The van der Waals surface area contributed by atoms with Gasteiger partial charge in [0.05, 0.1) is 16.3 Å². The Bertz CT molecular complexity index is 552. The van der Waals surface area contributed by atoms with Gasteiger partial charge in [0.25, 0.3) is 0 Å². The van der Waals surface area contributed by atoms with Gasteiger partial charge in [-0.2, -0.15) is 18.2 Å². The monoisotopic (exact) mass is 405 g/mol. The summed E-state index contributed by atoms with van der Waals surface area (Å²) in [4.78, 5) is 7.11. The Balaban J connectivity index is 3.34. The molecule has 0 aliphatic rings. The molecule has 19 heavy (non-hydrogen) atoms. The van der Waals surface area contributed by atoms with E-state index in [4.69, 9.17) is 28.8 Å². The first-order valence-corrected chi connectivity index (χ1v) is 6.07. The first-order valence-electron chi connectivity index (χ1n) is 4.61. The standard InChI is InChI=1S/C9H8ClF3IN5/c10-4-2-5(14)6(1-3(4)9(11,12)13)18-8(17)19-7(15)16/h1-2H,(H6,15,16,17,18,19). The van der Waals surface area contributed by atoms with Gasteiger partial charge >= 0.3 is 6.18 Å². The van der Waals surface area contributed by atoms with Crippen molar-refractivity contribution >= 4 is 51.8 Å². The number of aliphatic imine (C=N–C) groups is 2. The Kier molecular flexibility index (Phi) is 4.85. The molecule has 1 aromatic rings. The van der Waals surface area contributed by atoms with Crippen LogP contribution in [0.3, 0.4) is 0 Å². The van der Waals surface area contributed by atoms with Crippen LogP contribution >= 0.6 is 34.2 Å². The van der Waals surface area contributed by atoms with Crippen LogP contribution in [-0.4, -0.2) is 11.9 Å². The van der Waals surface area contributed by atoms with E-state index in [0.717, 1.165) is 12.1 Å². The minimum absolute atomic E-state index is 0.0279. The molecular formula is C9H8ClF3IN5. The number of benzene rings is 1. The summed E-state index contributed by atoms with van der Waals surface area (Å²) in [5.41, 5.74) is 14.5. The first-order chi connectivity index (χ1) is 8.61. The number of hydrogen-bond donors (Lipinski definition) is 3. The number of guanidine groups is 2. The molecule has 0 radical (unpaired) electrons. The largest absolute Gasteiger partial charge is 0.417 e. The second-order valence-corrected chi connectivity index (χ2v) is 4.86. The Hall–Kier alpha value is -1.23. The summed E-state index contributed by atoms with van der Waals surface area (Å²) < 4.78 is 38.4. The van der Waals surface area contributed by atoms with Crippen LogP contribution in [0, 0.1) is 3.57 Å². The number of hydrogen-bond acceptors (Lipinski definition) is 1. The van der Waals surface area contributed by atoms with Crippen LogP contribution in [0.4, 0.5) is 18.9 Å². The lowest BCUT2D eigenvalue weighted by Gasteiger charge is -2.10. The van der Waals surface area contributed by atoms with Crippen molar-refractivity contribution in [3.63, 3.8) is 0 Å². The minimum atomic E-state index is -4.59. The van der Waals surface area contributed by atoms with Crippen molar-refractivity contribution < 1.29 is 13.2 Å². The molecule has 0 bridgehead atoms. The molecule has 0 saturated carbocycles. The predicted molar refractivity (Wildman–Crippen MR) is 76.3 cm³/mol. The van der Waals surface area contributed by atoms with E-state index in [1.807, 2.05) is 0 Å². The number of nitrogens with two attached hydrogens (primary N) is 3. The summed E-state index contributed by atoms with van der Waals surface area (Å²) in [6.45, 7) is 0. The highest BCUT2D eigenvalue weighted by Gasteiger charge is 2.34. The quantitative estimate of drug-likeness (QED) is 0.379. The van der Waals surface area contributed by atoms with Crippen LogP contribution in [-0.2, 0) is 6.18 Å². The molecule has 0 aromatic heterocycles. The van der Waals surface area contributed by atoms with Gasteiger partial charge in [-0.1, -0.05) is 11.6 Å². The average Bonchev–Trinajstić information content (AvgIpc) is 2.18. The van der Waals surface area contributed by atoms with Gasteiger partial charge in [0, 0.05) is 3.57 Å². The molecule has 0 amide bonds. The van der Waals surface area contributed by atoms with E-state index in [1.165, 1.54) is 0 Å². The van der Waals surface area contributed by atoms with Crippen LogP contribution in [0.1, 0.15) is 5.56 Å². The third-order valence-electron chi connectivity index (χ3n) is 1.82. The zero-order chi connectivity index (χ0) is 14.8. The van der Waals surface area contributed by atoms with Crippen molar-refractivity contribution in [2.45, 2.75) is 6.18 Å². The fourth-order valence-corrected chi connectivity index (χ4v) is 2.16. The minimum Gasteiger partial charge on any atom is -0.370 e. The molecule has 0 spiro atoms. The lowest BCUT2D eigenvalue weighted by molar-refractivity contribution is -0.137. The van der Waals surface area contributed by atoms with Gasteiger partial charge in [0.2, 0.25) is 5.96 Å². The highest BCUT2D eigenvalue weighted by Crippen LogP contribution is 2.38. The molecule has 0 saturated heterocycles. The van der Waals surface area contributed by atoms with Gasteiger partial charge in [0.1, 0.15) is 0 Å². The van der Waals surface area contributed by atoms with Crippen molar-refractivity contribution in [1.82, 2.24) is 0 Å². The molecule has 1 rings (SSSR count). The van der Waals surface area contributed by atoms with Crippen LogP contribution in [0.15, 0.2) is 22.1 Å². The van der Waals surface area contributed by atoms with E-state index in [-0.39, 0.29) is 17.6 Å². The van der Waals surface area contributed by atoms with E-state index in [2.05, 4.69) is 9.98 Å². The van der Waals surface area contributed by atoms with Crippen molar-refractivity contribution in [2.75, 3.05) is 0 Å². The maximum absolute atomic E-state index is 12.7. The van der Waals surface area contributed by atoms with Crippen LogP contribution in [0.2, 0.25) is 5.02 Å². The normalized spacial score (nSPS) is 12.4. The average molecular weight is 406 g/mol. The smallest absolute Gasteiger partial charge is 0.370 e. The van der Waals surface area contributed by atoms with Crippen molar-refractivity contribution in [3.8, 4) is 0 Å². The molecular weight excluding hydrogens is 397 g/mol. The molecule has 0 fully saturated rings. The Morgan fingerprint density at radius 3 is 2.26 bits per heavy atom. The third kappa shape index (κ3) is 4.42. The second kappa shape index (κ2) is 5.82. The molecule has 6 N–H and O–H groups in total. The molecule has 104 valence electrons. The Morgan fingerprint density at radius 1 is 1.21 bits per heavy atom. The topological polar surface area (TPSA) is 103 Å². The molecule has 0 heterocycles. The maximum Gasteiger partial charge on any atom is 0.417 e. The zero-order valence-corrected chi connectivity index (χ0v) is 12.1. The lowest BCUT2D eigenvalue weighted by atomic mass is 10.2. The molecule has 0 unspecified atom stereocenters. The van der Waals surface area contributed by atoms with Crippen molar-refractivity contribution in [1.29, 1.82) is 0 Å². The van der Waals surface area contributed by atoms with E-state index >= 15 is 0 Å². The van der Waals surface area contributed by atoms with Gasteiger partial charge in [-0.05, 0) is 34.7 Å². The van der Waals surface area contributed by atoms with Gasteiger partial charge in [-0.3, -0.25) is 0 Å². The van der Waals surface area contributed by atoms with Crippen LogP contribution < -0.4 is 17.2 Å².